The SMILES string of the molecule is CC1N(CCN(CCO)c2nc(NCCS(=O)(=O)O)nc(Nc3ccc(C(=O)O)cc3)n2)S1(=O)=O. The van der Waals surface area contributed by atoms with Gasteiger partial charge in [-0.15, -0.1) is 0 Å². The van der Waals surface area contributed by atoms with E-state index in [1.54, 1.807) is 6.92 Å². The van der Waals surface area contributed by atoms with Crippen molar-refractivity contribution in [3.8, 4) is 0 Å². The first-order valence-electron chi connectivity index (χ1n) is 10.3. The number of aromatic nitrogens is 3. The van der Waals surface area contributed by atoms with Crippen molar-refractivity contribution in [1.82, 2.24) is 19.3 Å². The standard InChI is InChI=1S/C18H25N7O8S2/c1-12-25(35(12,32)33)8-7-24(9-10-26)18-22-16(19-6-11-34(29,30)31)21-17(23-18)20-14-4-2-13(3-5-14)15(27)28/h2-5,12,26H,6-11H2,1H3,(H,27,28)(H,29,30,31)(H2,19,20,21,22,23). The number of aliphatic hydroxyl groups excluding tert-OH is 1. The number of carbonyl (C=O) groups is 1. The number of anilines is 4. The third kappa shape index (κ3) is 7.18. The molecule has 0 spiro atoms. The lowest BCUT2D eigenvalue weighted by Gasteiger charge is -2.22. The summed E-state index contributed by atoms with van der Waals surface area (Å²) in [6.07, 6.45) is 0. The van der Waals surface area contributed by atoms with E-state index >= 15 is 0 Å². The first-order valence-corrected chi connectivity index (χ1v) is 13.4. The molecule has 1 aromatic carbocycles. The van der Waals surface area contributed by atoms with E-state index in [0.29, 0.717) is 5.69 Å². The molecule has 3 rings (SSSR count). The van der Waals surface area contributed by atoms with Gasteiger partial charge in [-0.2, -0.15) is 27.7 Å². The van der Waals surface area contributed by atoms with E-state index in [4.69, 9.17) is 9.66 Å². The van der Waals surface area contributed by atoms with Crippen LogP contribution in [0.25, 0.3) is 0 Å². The lowest BCUT2D eigenvalue weighted by atomic mass is 10.2. The molecule has 1 saturated heterocycles. The van der Waals surface area contributed by atoms with Gasteiger partial charge in [0.2, 0.25) is 27.9 Å². The van der Waals surface area contributed by atoms with Gasteiger partial charge in [0, 0.05) is 31.9 Å². The van der Waals surface area contributed by atoms with Crippen LogP contribution >= 0.6 is 0 Å². The minimum Gasteiger partial charge on any atom is -0.478 e. The average molecular weight is 532 g/mol. The zero-order chi connectivity index (χ0) is 25.8. The largest absolute Gasteiger partial charge is 0.478 e. The molecule has 15 nitrogen and oxygen atoms in total. The molecular formula is C18H25N7O8S2. The number of aliphatic hydroxyl groups is 1. The van der Waals surface area contributed by atoms with Gasteiger partial charge in [0.1, 0.15) is 5.37 Å². The molecular weight excluding hydrogens is 506 g/mol. The topological polar surface area (TPSA) is 215 Å². The van der Waals surface area contributed by atoms with Crippen molar-refractivity contribution < 1.29 is 36.4 Å². The Morgan fingerprint density at radius 1 is 1.14 bits per heavy atom. The van der Waals surface area contributed by atoms with Crippen LogP contribution in [-0.4, -0.2) is 101 Å². The van der Waals surface area contributed by atoms with E-state index in [0.717, 1.165) is 0 Å². The second-order valence-electron chi connectivity index (χ2n) is 7.47. The van der Waals surface area contributed by atoms with Crippen LogP contribution in [0.1, 0.15) is 17.3 Å². The second kappa shape index (κ2) is 10.6. The van der Waals surface area contributed by atoms with Gasteiger partial charge < -0.3 is 25.7 Å². The second-order valence-corrected chi connectivity index (χ2v) is 11.2. The minimum absolute atomic E-state index is 0.0167. The van der Waals surface area contributed by atoms with Crippen LogP contribution in [0.3, 0.4) is 0 Å². The van der Waals surface area contributed by atoms with Crippen LogP contribution in [-0.2, 0) is 20.1 Å². The van der Waals surface area contributed by atoms with Crippen LogP contribution < -0.4 is 15.5 Å². The summed E-state index contributed by atoms with van der Waals surface area (Å²) in [5.41, 5.74) is 0.529. The summed E-state index contributed by atoms with van der Waals surface area (Å²) in [5, 5.41) is 23.5. The third-order valence-corrected chi connectivity index (χ3v) is 7.79. The number of sulfonamides is 1. The molecule has 5 N–H and O–H groups in total. The van der Waals surface area contributed by atoms with Crippen molar-refractivity contribution in [3.63, 3.8) is 0 Å². The maximum absolute atomic E-state index is 11.8. The molecule has 2 heterocycles. The zero-order valence-corrected chi connectivity index (χ0v) is 20.2. The van der Waals surface area contributed by atoms with Crippen molar-refractivity contribution >= 4 is 49.6 Å². The fourth-order valence-electron chi connectivity index (χ4n) is 3.07. The van der Waals surface area contributed by atoms with Gasteiger partial charge in [-0.1, -0.05) is 0 Å². The maximum Gasteiger partial charge on any atom is 0.335 e. The quantitative estimate of drug-likeness (QED) is 0.161. The number of hydrogen-bond acceptors (Lipinski definition) is 12. The van der Waals surface area contributed by atoms with Crippen molar-refractivity contribution in [2.24, 2.45) is 0 Å². The van der Waals surface area contributed by atoms with E-state index in [1.807, 2.05) is 0 Å². The van der Waals surface area contributed by atoms with Gasteiger partial charge in [0.15, 0.2) is 0 Å². The van der Waals surface area contributed by atoms with Crippen LogP contribution in [0, 0.1) is 0 Å². The summed E-state index contributed by atoms with van der Waals surface area (Å²) >= 11 is 0. The summed E-state index contributed by atoms with van der Waals surface area (Å²) in [6.45, 7) is 1.44. The fraction of sp³-hybridized carbons (Fsp3) is 0.444. The number of carboxylic acids is 1. The molecule has 2 atom stereocenters. The first-order chi connectivity index (χ1) is 16.4. The van der Waals surface area contributed by atoms with Crippen molar-refractivity contribution in [2.45, 2.75) is 12.3 Å². The third-order valence-electron chi connectivity index (χ3n) is 5.02. The highest BCUT2D eigenvalue weighted by atomic mass is 32.2. The monoisotopic (exact) mass is 531 g/mol. The Morgan fingerprint density at radius 3 is 2.31 bits per heavy atom. The van der Waals surface area contributed by atoms with Gasteiger partial charge in [-0.25, -0.2) is 13.2 Å². The smallest absolute Gasteiger partial charge is 0.335 e. The highest BCUT2D eigenvalue weighted by Crippen LogP contribution is 2.29. The van der Waals surface area contributed by atoms with Crippen LogP contribution in [0.2, 0.25) is 0 Å². The van der Waals surface area contributed by atoms with Crippen LogP contribution in [0.15, 0.2) is 24.3 Å². The van der Waals surface area contributed by atoms with E-state index in [-0.39, 0.29) is 56.2 Å². The Labute approximate surface area is 201 Å². The number of hydrogen-bond donors (Lipinski definition) is 5. The lowest BCUT2D eigenvalue weighted by molar-refractivity contribution is 0.0697. The molecule has 17 heteroatoms. The van der Waals surface area contributed by atoms with Crippen LogP contribution in [0.4, 0.5) is 23.5 Å². The molecule has 1 aliphatic heterocycles. The highest BCUT2D eigenvalue weighted by Gasteiger charge is 2.50. The normalized spacial score (nSPS) is 18.6. The predicted molar refractivity (Wildman–Crippen MR) is 126 cm³/mol. The van der Waals surface area contributed by atoms with Gasteiger partial charge >= 0.3 is 5.97 Å². The van der Waals surface area contributed by atoms with Gasteiger partial charge in [0.05, 0.1) is 17.9 Å². The van der Waals surface area contributed by atoms with Crippen molar-refractivity contribution in [2.75, 3.05) is 54.1 Å². The molecule has 0 radical (unpaired) electrons. The Bertz CT molecular complexity index is 1270. The fourth-order valence-corrected chi connectivity index (χ4v) is 4.78. The van der Waals surface area contributed by atoms with Gasteiger partial charge in [0.25, 0.3) is 10.1 Å². The number of aromatic carboxylic acids is 1. The molecule has 1 aliphatic rings. The number of nitrogens with zero attached hydrogens (tertiary/aromatic N) is 5. The van der Waals surface area contributed by atoms with Gasteiger partial charge in [-0.3, -0.25) is 4.55 Å². The molecule has 0 amide bonds. The van der Waals surface area contributed by atoms with Crippen LogP contribution in [0.5, 0.6) is 0 Å². The highest BCUT2D eigenvalue weighted by molar-refractivity contribution is 7.95. The van der Waals surface area contributed by atoms with Crippen molar-refractivity contribution in [1.29, 1.82) is 0 Å². The summed E-state index contributed by atoms with van der Waals surface area (Å²) < 4.78 is 55.8. The van der Waals surface area contributed by atoms with Crippen molar-refractivity contribution in [3.05, 3.63) is 29.8 Å². The van der Waals surface area contributed by atoms with E-state index in [2.05, 4.69) is 25.6 Å². The summed E-state index contributed by atoms with van der Waals surface area (Å²) in [7, 11) is -7.51. The number of nitrogens with one attached hydrogen (secondary N) is 2. The molecule has 0 aliphatic carbocycles. The predicted octanol–water partition coefficient (Wildman–Crippen LogP) is -0.597. The number of carboxylic acid groups (broad SMARTS) is 1. The summed E-state index contributed by atoms with van der Waals surface area (Å²) in [6, 6.07) is 5.75. The minimum atomic E-state index is -4.23. The maximum atomic E-state index is 11.8. The molecule has 2 unspecified atom stereocenters. The Morgan fingerprint density at radius 2 is 1.77 bits per heavy atom. The number of benzene rings is 1. The van der Waals surface area contributed by atoms with E-state index in [1.165, 1.54) is 33.5 Å². The molecule has 1 fully saturated rings. The van der Waals surface area contributed by atoms with Gasteiger partial charge in [-0.05, 0) is 31.2 Å². The van der Waals surface area contributed by atoms with E-state index < -0.39 is 37.2 Å². The average Bonchev–Trinajstić information content (AvgIpc) is 3.25. The summed E-state index contributed by atoms with van der Waals surface area (Å²) in [5.74, 6) is -1.65. The Balaban J connectivity index is 1.85. The molecule has 0 bridgehead atoms. The lowest BCUT2D eigenvalue weighted by Crippen LogP contribution is -2.34. The number of rotatable bonds is 13. The Hall–Kier alpha value is -3.12. The summed E-state index contributed by atoms with van der Waals surface area (Å²) in [4.78, 5) is 25.3. The first kappa shape index (κ1) is 26.5. The molecule has 2 aromatic rings. The molecule has 0 saturated carbocycles. The molecule has 35 heavy (non-hydrogen) atoms. The molecule has 1 aromatic heterocycles. The van der Waals surface area contributed by atoms with E-state index in [9.17, 15) is 26.7 Å². The zero-order valence-electron chi connectivity index (χ0n) is 18.6. The Kier molecular flexibility index (Phi) is 8.06. The molecule has 192 valence electrons.